The van der Waals surface area contributed by atoms with Gasteiger partial charge in [0.05, 0.1) is 16.8 Å². The largest absolute Gasteiger partial charge is 0.253 e. The maximum absolute atomic E-state index is 12.9. The summed E-state index contributed by atoms with van der Waals surface area (Å²) in [6.45, 7) is 1.17. The molecule has 1 aromatic heterocycles. The lowest BCUT2D eigenvalue weighted by molar-refractivity contribution is 0.346. The molecule has 156 valence electrons. The maximum atomic E-state index is 12.9. The van der Waals surface area contributed by atoms with Crippen LogP contribution >= 0.6 is 22.9 Å². The summed E-state index contributed by atoms with van der Waals surface area (Å²) < 4.78 is 27.5. The van der Waals surface area contributed by atoms with Gasteiger partial charge in [-0.25, -0.2) is 13.4 Å². The van der Waals surface area contributed by atoms with Gasteiger partial charge in [-0.2, -0.15) is 9.41 Å². The highest BCUT2D eigenvalue weighted by Gasteiger charge is 2.26. The van der Waals surface area contributed by atoms with Gasteiger partial charge in [-0.1, -0.05) is 48.4 Å². The Hall–Kier alpha value is -2.26. The molecule has 0 bridgehead atoms. The second-order valence-corrected chi connectivity index (χ2v) is 10.1. The number of anilines is 1. The van der Waals surface area contributed by atoms with Gasteiger partial charge in [0.25, 0.3) is 0 Å². The molecule has 0 aliphatic carbocycles. The second kappa shape index (κ2) is 9.26. The van der Waals surface area contributed by atoms with Gasteiger partial charge in [0.15, 0.2) is 0 Å². The predicted octanol–water partition coefficient (Wildman–Crippen LogP) is 5.08. The van der Waals surface area contributed by atoms with Crippen LogP contribution in [0.2, 0.25) is 5.02 Å². The number of halogens is 1. The molecule has 4 rings (SSSR count). The Balaban J connectivity index is 1.50. The monoisotopic (exact) mass is 460 g/mol. The molecule has 0 saturated carbocycles. The van der Waals surface area contributed by atoms with Crippen LogP contribution in [0.15, 0.2) is 63.9 Å². The minimum atomic E-state index is -3.48. The number of nitrogens with zero attached hydrogens (tertiary/aromatic N) is 3. The number of aromatic nitrogens is 1. The average molecular weight is 461 g/mol. The van der Waals surface area contributed by atoms with E-state index in [0.717, 1.165) is 30.4 Å². The van der Waals surface area contributed by atoms with E-state index in [1.165, 1.54) is 11.3 Å². The van der Waals surface area contributed by atoms with Crippen LogP contribution in [0.1, 0.15) is 24.8 Å². The van der Waals surface area contributed by atoms with Crippen LogP contribution in [0, 0.1) is 0 Å². The highest BCUT2D eigenvalue weighted by atomic mass is 35.5. The molecule has 0 amide bonds. The summed E-state index contributed by atoms with van der Waals surface area (Å²) in [7, 11) is -3.48. The van der Waals surface area contributed by atoms with Crippen molar-refractivity contribution in [3.05, 3.63) is 64.5 Å². The molecule has 0 atom stereocenters. The summed E-state index contributed by atoms with van der Waals surface area (Å²) in [5.74, 6) is 0. The number of hydrogen-bond acceptors (Lipinski definition) is 6. The zero-order valence-electron chi connectivity index (χ0n) is 16.2. The van der Waals surface area contributed by atoms with Crippen molar-refractivity contribution in [3.8, 4) is 11.3 Å². The van der Waals surface area contributed by atoms with E-state index in [0.29, 0.717) is 33.8 Å². The number of rotatable bonds is 6. The first-order valence-electron chi connectivity index (χ1n) is 9.64. The number of benzene rings is 2. The molecule has 2 heterocycles. The molecule has 3 aromatic rings. The van der Waals surface area contributed by atoms with Crippen molar-refractivity contribution in [1.29, 1.82) is 0 Å². The lowest BCUT2D eigenvalue weighted by atomic mass is 10.2. The van der Waals surface area contributed by atoms with Gasteiger partial charge in [-0.05, 0) is 31.0 Å². The average Bonchev–Trinajstić information content (AvgIpc) is 3.25. The minimum Gasteiger partial charge on any atom is -0.253 e. The fourth-order valence-electron chi connectivity index (χ4n) is 3.26. The maximum Gasteiger partial charge on any atom is 0.243 e. The molecule has 1 aliphatic heterocycles. The smallest absolute Gasteiger partial charge is 0.243 e. The molecular weight excluding hydrogens is 440 g/mol. The van der Waals surface area contributed by atoms with E-state index < -0.39 is 10.0 Å². The molecule has 6 nitrogen and oxygen atoms in total. The standard InChI is InChI=1S/C21H21ClN4O2S2/c22-19-10-3-2-7-17(19)14-23-25-21-24-20(15-29-21)16-8-6-9-18(13-16)30(27,28)26-11-4-1-5-12-26/h2-3,6-10,13-15H,1,4-5,11-12H2,(H,24,25)/b23-14+. The van der Waals surface area contributed by atoms with Crippen molar-refractivity contribution in [3.63, 3.8) is 0 Å². The number of piperidine rings is 1. The number of nitrogens with one attached hydrogen (secondary N) is 1. The SMILES string of the molecule is O=S(=O)(c1cccc(-c2csc(N/N=C/c3ccccc3Cl)n2)c1)N1CCCCC1. The third-order valence-corrected chi connectivity index (χ3v) is 7.84. The first-order chi connectivity index (χ1) is 14.5. The van der Waals surface area contributed by atoms with Crippen LogP contribution in [-0.2, 0) is 10.0 Å². The third kappa shape index (κ3) is 4.73. The minimum absolute atomic E-state index is 0.307. The quantitative estimate of drug-likeness (QED) is 0.411. The first-order valence-corrected chi connectivity index (χ1v) is 12.3. The highest BCUT2D eigenvalue weighted by Crippen LogP contribution is 2.28. The molecule has 0 radical (unpaired) electrons. The second-order valence-electron chi connectivity index (χ2n) is 6.92. The van der Waals surface area contributed by atoms with E-state index in [1.54, 1.807) is 34.8 Å². The Morgan fingerprint density at radius 2 is 1.90 bits per heavy atom. The summed E-state index contributed by atoms with van der Waals surface area (Å²) in [5.41, 5.74) is 5.16. The molecule has 9 heteroatoms. The van der Waals surface area contributed by atoms with Crippen LogP contribution in [-0.4, -0.2) is 37.0 Å². The summed E-state index contributed by atoms with van der Waals surface area (Å²) in [6.07, 6.45) is 4.54. The third-order valence-electron chi connectivity index (χ3n) is 4.86. The Morgan fingerprint density at radius 1 is 1.10 bits per heavy atom. The molecule has 0 spiro atoms. The summed E-state index contributed by atoms with van der Waals surface area (Å²) >= 11 is 7.51. The van der Waals surface area contributed by atoms with Gasteiger partial charge in [0.2, 0.25) is 15.2 Å². The molecule has 1 saturated heterocycles. The Bertz CT molecular complexity index is 1160. The van der Waals surface area contributed by atoms with Crippen LogP contribution in [0.5, 0.6) is 0 Å². The van der Waals surface area contributed by atoms with Crippen molar-refractivity contribution < 1.29 is 8.42 Å². The highest BCUT2D eigenvalue weighted by molar-refractivity contribution is 7.89. The molecule has 0 unspecified atom stereocenters. The van der Waals surface area contributed by atoms with E-state index in [-0.39, 0.29) is 0 Å². The van der Waals surface area contributed by atoms with E-state index in [1.807, 2.05) is 29.6 Å². The van der Waals surface area contributed by atoms with Crippen LogP contribution < -0.4 is 5.43 Å². The molecule has 30 heavy (non-hydrogen) atoms. The van der Waals surface area contributed by atoms with E-state index >= 15 is 0 Å². The van der Waals surface area contributed by atoms with Gasteiger partial charge in [0, 0.05) is 34.6 Å². The topological polar surface area (TPSA) is 74.7 Å². The molecular formula is C21H21ClN4O2S2. The number of thiazole rings is 1. The van der Waals surface area contributed by atoms with Gasteiger partial charge >= 0.3 is 0 Å². The molecule has 1 N–H and O–H groups in total. The number of sulfonamides is 1. The van der Waals surface area contributed by atoms with Gasteiger partial charge < -0.3 is 0 Å². The molecule has 2 aromatic carbocycles. The Labute approximate surface area is 185 Å². The van der Waals surface area contributed by atoms with Crippen molar-refractivity contribution >= 4 is 44.3 Å². The van der Waals surface area contributed by atoms with Gasteiger partial charge in [0.1, 0.15) is 0 Å². The Morgan fingerprint density at radius 3 is 2.70 bits per heavy atom. The fourth-order valence-corrected chi connectivity index (χ4v) is 5.68. The number of hydrogen-bond donors (Lipinski definition) is 1. The summed E-state index contributed by atoms with van der Waals surface area (Å²) in [4.78, 5) is 4.83. The zero-order valence-corrected chi connectivity index (χ0v) is 18.6. The van der Waals surface area contributed by atoms with Crippen molar-refractivity contribution in [2.75, 3.05) is 18.5 Å². The lowest BCUT2D eigenvalue weighted by Crippen LogP contribution is -2.35. The van der Waals surface area contributed by atoms with Gasteiger partial charge in [-0.3, -0.25) is 5.43 Å². The predicted molar refractivity (Wildman–Crippen MR) is 123 cm³/mol. The Kier molecular flexibility index (Phi) is 6.48. The van der Waals surface area contributed by atoms with E-state index in [9.17, 15) is 8.42 Å². The summed E-state index contributed by atoms with van der Waals surface area (Å²) in [6, 6.07) is 14.4. The first kappa shape index (κ1) is 21.0. The van der Waals surface area contributed by atoms with Crippen molar-refractivity contribution in [1.82, 2.24) is 9.29 Å². The van der Waals surface area contributed by atoms with Crippen molar-refractivity contribution in [2.24, 2.45) is 5.10 Å². The molecule has 1 aliphatic rings. The van der Waals surface area contributed by atoms with Crippen LogP contribution in [0.3, 0.4) is 0 Å². The normalized spacial score (nSPS) is 15.5. The van der Waals surface area contributed by atoms with E-state index in [4.69, 9.17) is 11.6 Å². The van der Waals surface area contributed by atoms with Crippen LogP contribution in [0.4, 0.5) is 5.13 Å². The van der Waals surface area contributed by atoms with Gasteiger partial charge in [-0.15, -0.1) is 11.3 Å². The fraction of sp³-hybridized carbons (Fsp3) is 0.238. The lowest BCUT2D eigenvalue weighted by Gasteiger charge is -2.26. The van der Waals surface area contributed by atoms with Crippen molar-refractivity contribution in [2.45, 2.75) is 24.2 Å². The zero-order chi connectivity index (χ0) is 21.0. The van der Waals surface area contributed by atoms with E-state index in [2.05, 4.69) is 15.5 Å². The molecule has 1 fully saturated rings. The number of hydrazone groups is 1. The summed E-state index contributed by atoms with van der Waals surface area (Å²) in [5, 5.41) is 7.29. The van der Waals surface area contributed by atoms with Crippen LogP contribution in [0.25, 0.3) is 11.3 Å².